The second-order valence-electron chi connectivity index (χ2n) is 4.69. The molecule has 0 saturated heterocycles. The topological polar surface area (TPSA) is 87.1 Å². The van der Waals surface area contributed by atoms with Crippen molar-refractivity contribution in [3.63, 3.8) is 0 Å². The Hall–Kier alpha value is -2.08. The standard InChI is InChI=1S/C14H17NO5/c1-3-10(14(18)19)15-11-5-4-9(7-16)6-12(11)20-8(2)13(15)17/h4-6,8,10,16H,3,7H2,1-2H3,(H,18,19). The van der Waals surface area contributed by atoms with E-state index >= 15 is 0 Å². The van der Waals surface area contributed by atoms with Crippen molar-refractivity contribution >= 4 is 17.6 Å². The minimum atomic E-state index is -1.05. The maximum absolute atomic E-state index is 12.2. The molecule has 0 fully saturated rings. The van der Waals surface area contributed by atoms with E-state index in [1.54, 1.807) is 32.0 Å². The van der Waals surface area contributed by atoms with Gasteiger partial charge in [-0.25, -0.2) is 4.79 Å². The first-order valence-corrected chi connectivity index (χ1v) is 6.45. The highest BCUT2D eigenvalue weighted by molar-refractivity contribution is 6.04. The van der Waals surface area contributed by atoms with Crippen molar-refractivity contribution in [1.82, 2.24) is 0 Å². The van der Waals surface area contributed by atoms with Crippen molar-refractivity contribution in [3.05, 3.63) is 23.8 Å². The molecule has 2 unspecified atom stereocenters. The van der Waals surface area contributed by atoms with Crippen LogP contribution in [0.15, 0.2) is 18.2 Å². The Kier molecular flexibility index (Phi) is 3.94. The van der Waals surface area contributed by atoms with Crippen molar-refractivity contribution in [2.45, 2.75) is 39.0 Å². The van der Waals surface area contributed by atoms with Gasteiger partial charge in [0.05, 0.1) is 12.3 Å². The molecule has 0 radical (unpaired) electrons. The molecule has 0 spiro atoms. The van der Waals surface area contributed by atoms with Crippen molar-refractivity contribution < 1.29 is 24.5 Å². The summed E-state index contributed by atoms with van der Waals surface area (Å²) in [5.74, 6) is -1.00. The summed E-state index contributed by atoms with van der Waals surface area (Å²) < 4.78 is 5.50. The molecule has 1 aromatic carbocycles. The highest BCUT2D eigenvalue weighted by atomic mass is 16.5. The lowest BCUT2D eigenvalue weighted by Gasteiger charge is -2.36. The predicted molar refractivity (Wildman–Crippen MR) is 71.7 cm³/mol. The Bertz CT molecular complexity index is 542. The van der Waals surface area contributed by atoms with E-state index in [1.165, 1.54) is 4.90 Å². The number of ether oxygens (including phenoxy) is 1. The number of carbonyl (C=O) groups excluding carboxylic acids is 1. The highest BCUT2D eigenvalue weighted by Gasteiger charge is 2.38. The number of carboxylic acid groups (broad SMARTS) is 1. The molecule has 2 atom stereocenters. The SMILES string of the molecule is CCC(C(=O)O)N1C(=O)C(C)Oc2cc(CO)ccc21. The second kappa shape index (κ2) is 5.50. The van der Waals surface area contributed by atoms with E-state index in [0.29, 0.717) is 23.4 Å². The van der Waals surface area contributed by atoms with Crippen LogP contribution < -0.4 is 9.64 Å². The number of hydrogen-bond donors (Lipinski definition) is 2. The molecule has 2 rings (SSSR count). The maximum Gasteiger partial charge on any atom is 0.326 e. The number of amides is 1. The number of carboxylic acids is 1. The predicted octanol–water partition coefficient (Wildman–Crippen LogP) is 1.16. The summed E-state index contributed by atoms with van der Waals surface area (Å²) >= 11 is 0. The van der Waals surface area contributed by atoms with Gasteiger partial charge in [-0.3, -0.25) is 9.69 Å². The van der Waals surface area contributed by atoms with Gasteiger partial charge in [-0.05, 0) is 31.0 Å². The van der Waals surface area contributed by atoms with Crippen LogP contribution in [0.3, 0.4) is 0 Å². The van der Waals surface area contributed by atoms with Crippen molar-refractivity contribution in [3.8, 4) is 5.75 Å². The van der Waals surface area contributed by atoms with Gasteiger partial charge in [-0.15, -0.1) is 0 Å². The summed E-state index contributed by atoms with van der Waals surface area (Å²) in [5, 5.41) is 18.4. The van der Waals surface area contributed by atoms with E-state index in [4.69, 9.17) is 9.84 Å². The van der Waals surface area contributed by atoms with Gasteiger partial charge in [-0.2, -0.15) is 0 Å². The fourth-order valence-corrected chi connectivity index (χ4v) is 2.29. The first kappa shape index (κ1) is 14.3. The summed E-state index contributed by atoms with van der Waals surface area (Å²) in [6, 6.07) is 3.95. The molecule has 6 heteroatoms. The zero-order valence-electron chi connectivity index (χ0n) is 11.4. The first-order chi connectivity index (χ1) is 9.49. The zero-order chi connectivity index (χ0) is 14.9. The Morgan fingerprint density at radius 3 is 2.75 bits per heavy atom. The molecule has 2 N–H and O–H groups in total. The average Bonchev–Trinajstić information content (AvgIpc) is 2.42. The van der Waals surface area contributed by atoms with E-state index in [-0.39, 0.29) is 12.5 Å². The van der Waals surface area contributed by atoms with Gasteiger partial charge >= 0.3 is 5.97 Å². The van der Waals surface area contributed by atoms with Crippen LogP contribution in [-0.4, -0.2) is 34.2 Å². The Balaban J connectivity index is 2.51. The van der Waals surface area contributed by atoms with E-state index in [1.807, 2.05) is 0 Å². The average molecular weight is 279 g/mol. The van der Waals surface area contributed by atoms with Gasteiger partial charge in [0.25, 0.3) is 5.91 Å². The summed E-state index contributed by atoms with van der Waals surface area (Å²) in [7, 11) is 0. The number of hydrogen-bond acceptors (Lipinski definition) is 4. The van der Waals surface area contributed by atoms with Crippen LogP contribution in [0.2, 0.25) is 0 Å². The number of carbonyl (C=O) groups is 2. The lowest BCUT2D eigenvalue weighted by atomic mass is 10.1. The monoisotopic (exact) mass is 279 g/mol. The third kappa shape index (κ3) is 2.34. The lowest BCUT2D eigenvalue weighted by molar-refractivity contribution is -0.141. The fourth-order valence-electron chi connectivity index (χ4n) is 2.29. The third-order valence-corrected chi connectivity index (χ3v) is 3.34. The van der Waals surface area contributed by atoms with Crippen LogP contribution in [0.1, 0.15) is 25.8 Å². The quantitative estimate of drug-likeness (QED) is 0.863. The molecule has 0 aliphatic carbocycles. The normalized spacial score (nSPS) is 19.2. The first-order valence-electron chi connectivity index (χ1n) is 6.45. The minimum absolute atomic E-state index is 0.144. The number of aliphatic hydroxyl groups is 1. The summed E-state index contributed by atoms with van der Waals surface area (Å²) in [6.45, 7) is 3.15. The van der Waals surface area contributed by atoms with Gasteiger partial charge in [0.2, 0.25) is 0 Å². The Morgan fingerprint density at radius 1 is 1.50 bits per heavy atom. The number of nitrogens with zero attached hydrogens (tertiary/aromatic N) is 1. The molecular formula is C14H17NO5. The minimum Gasteiger partial charge on any atom is -0.480 e. The van der Waals surface area contributed by atoms with Crippen LogP contribution >= 0.6 is 0 Å². The highest BCUT2D eigenvalue weighted by Crippen LogP contribution is 2.36. The molecule has 1 aromatic rings. The van der Waals surface area contributed by atoms with E-state index < -0.39 is 18.1 Å². The van der Waals surface area contributed by atoms with Crippen LogP contribution in [0.4, 0.5) is 5.69 Å². The molecule has 0 saturated carbocycles. The fraction of sp³-hybridized carbons (Fsp3) is 0.429. The molecule has 108 valence electrons. The van der Waals surface area contributed by atoms with Gasteiger partial charge in [0.1, 0.15) is 11.8 Å². The maximum atomic E-state index is 12.2. The summed E-state index contributed by atoms with van der Waals surface area (Å²) in [4.78, 5) is 24.8. The third-order valence-electron chi connectivity index (χ3n) is 3.34. The van der Waals surface area contributed by atoms with Gasteiger partial charge in [0, 0.05) is 0 Å². The molecule has 20 heavy (non-hydrogen) atoms. The molecule has 1 aliphatic heterocycles. The number of aliphatic carboxylic acids is 1. The number of rotatable bonds is 4. The molecular weight excluding hydrogens is 262 g/mol. The molecule has 1 amide bonds. The summed E-state index contributed by atoms with van der Waals surface area (Å²) in [5.41, 5.74) is 1.08. The Labute approximate surface area is 116 Å². The lowest BCUT2D eigenvalue weighted by Crippen LogP contribution is -2.52. The smallest absolute Gasteiger partial charge is 0.326 e. The van der Waals surface area contributed by atoms with E-state index in [0.717, 1.165) is 0 Å². The van der Waals surface area contributed by atoms with Gasteiger partial charge < -0.3 is 14.9 Å². The van der Waals surface area contributed by atoms with Gasteiger partial charge in [0.15, 0.2) is 6.10 Å². The van der Waals surface area contributed by atoms with Crippen LogP contribution in [-0.2, 0) is 16.2 Å². The van der Waals surface area contributed by atoms with Crippen molar-refractivity contribution in [2.75, 3.05) is 4.90 Å². The number of benzene rings is 1. The van der Waals surface area contributed by atoms with Crippen LogP contribution in [0, 0.1) is 0 Å². The van der Waals surface area contributed by atoms with Crippen molar-refractivity contribution in [1.29, 1.82) is 0 Å². The summed E-state index contributed by atoms with van der Waals surface area (Å²) in [6.07, 6.45) is -0.445. The van der Waals surface area contributed by atoms with Gasteiger partial charge in [-0.1, -0.05) is 13.0 Å². The molecule has 0 aromatic heterocycles. The molecule has 1 heterocycles. The van der Waals surface area contributed by atoms with E-state index in [2.05, 4.69) is 0 Å². The van der Waals surface area contributed by atoms with Crippen molar-refractivity contribution in [2.24, 2.45) is 0 Å². The van der Waals surface area contributed by atoms with Crippen LogP contribution in [0.25, 0.3) is 0 Å². The molecule has 1 aliphatic rings. The molecule has 0 bridgehead atoms. The number of fused-ring (bicyclic) bond motifs is 1. The second-order valence-corrected chi connectivity index (χ2v) is 4.69. The largest absolute Gasteiger partial charge is 0.480 e. The zero-order valence-corrected chi connectivity index (χ0v) is 11.4. The van der Waals surface area contributed by atoms with E-state index in [9.17, 15) is 14.7 Å². The molecule has 6 nitrogen and oxygen atoms in total. The number of anilines is 1. The van der Waals surface area contributed by atoms with Crippen LogP contribution in [0.5, 0.6) is 5.75 Å². The number of aliphatic hydroxyl groups excluding tert-OH is 1. The Morgan fingerprint density at radius 2 is 2.20 bits per heavy atom.